The van der Waals surface area contributed by atoms with Crippen molar-refractivity contribution in [1.82, 2.24) is 0 Å². The molecule has 0 aliphatic heterocycles. The van der Waals surface area contributed by atoms with Crippen molar-refractivity contribution in [3.8, 4) is 5.75 Å². The lowest BCUT2D eigenvalue weighted by atomic mass is 10.1. The molecule has 1 rings (SSSR count). The molecule has 0 fully saturated rings. The van der Waals surface area contributed by atoms with E-state index in [1.54, 1.807) is 6.07 Å². The summed E-state index contributed by atoms with van der Waals surface area (Å²) >= 11 is 5.45. The molecule has 13 heavy (non-hydrogen) atoms. The van der Waals surface area contributed by atoms with Gasteiger partial charge in [-0.2, -0.15) is 0 Å². The highest BCUT2D eigenvalue weighted by Crippen LogP contribution is 2.24. The zero-order valence-corrected chi connectivity index (χ0v) is 8.39. The van der Waals surface area contributed by atoms with Gasteiger partial charge in [-0.15, -0.1) is 0 Å². The first-order valence-electron chi connectivity index (χ1n) is 4.06. The van der Waals surface area contributed by atoms with Crippen molar-refractivity contribution < 1.29 is 9.53 Å². The lowest BCUT2D eigenvalue weighted by Gasteiger charge is -2.08. The Hall–Kier alpha value is -1.02. The molecule has 3 heteroatoms. The molecule has 0 unspecified atom stereocenters. The van der Waals surface area contributed by atoms with Crippen LogP contribution in [0.4, 0.5) is 0 Å². The number of halogens is 1. The highest BCUT2D eigenvalue weighted by Gasteiger charge is 2.13. The summed E-state index contributed by atoms with van der Waals surface area (Å²) in [6.45, 7) is 1.97. The van der Waals surface area contributed by atoms with Crippen molar-refractivity contribution in [2.75, 3.05) is 7.11 Å². The van der Waals surface area contributed by atoms with E-state index in [2.05, 4.69) is 0 Å². The van der Waals surface area contributed by atoms with Crippen LogP contribution >= 0.6 is 11.6 Å². The first kappa shape index (κ1) is 10.1. The van der Waals surface area contributed by atoms with Crippen LogP contribution in [0, 0.1) is 0 Å². The number of carbonyl (C=O) groups excluding carboxylic acids is 1. The van der Waals surface area contributed by atoms with Gasteiger partial charge in [0.15, 0.2) is 0 Å². The molecule has 0 aromatic heterocycles. The number of hydrogen-bond acceptors (Lipinski definition) is 2. The second-order valence-electron chi connectivity index (χ2n) is 2.62. The third kappa shape index (κ3) is 2.01. The Bertz CT molecular complexity index is 298. The van der Waals surface area contributed by atoms with E-state index in [1.807, 2.05) is 19.1 Å². The molecule has 0 saturated heterocycles. The average Bonchev–Trinajstić information content (AvgIpc) is 2.16. The van der Waals surface area contributed by atoms with Crippen molar-refractivity contribution in [1.29, 1.82) is 0 Å². The smallest absolute Gasteiger partial charge is 0.256 e. The van der Waals surface area contributed by atoms with Crippen LogP contribution in [0.25, 0.3) is 0 Å². The number of aryl methyl sites for hydroxylation is 1. The molecule has 70 valence electrons. The maximum absolute atomic E-state index is 11.1. The SMILES string of the molecule is CCc1cccc(OC)c1C(=O)Cl. The molecule has 0 spiro atoms. The number of carbonyl (C=O) groups is 1. The van der Waals surface area contributed by atoms with Gasteiger partial charge in [0.05, 0.1) is 12.7 Å². The van der Waals surface area contributed by atoms with Crippen LogP contribution in [-0.4, -0.2) is 12.4 Å². The fourth-order valence-corrected chi connectivity index (χ4v) is 1.48. The van der Waals surface area contributed by atoms with E-state index in [-0.39, 0.29) is 0 Å². The van der Waals surface area contributed by atoms with Gasteiger partial charge in [-0.25, -0.2) is 0 Å². The molecule has 1 aromatic carbocycles. The van der Waals surface area contributed by atoms with Crippen LogP contribution in [0.15, 0.2) is 18.2 Å². The number of rotatable bonds is 3. The van der Waals surface area contributed by atoms with Crippen LogP contribution in [0.5, 0.6) is 5.75 Å². The summed E-state index contributed by atoms with van der Waals surface area (Å²) in [5.74, 6) is 0.541. The summed E-state index contributed by atoms with van der Waals surface area (Å²) in [6.07, 6.45) is 0.769. The van der Waals surface area contributed by atoms with E-state index < -0.39 is 5.24 Å². The molecule has 0 radical (unpaired) electrons. The Morgan fingerprint density at radius 1 is 1.54 bits per heavy atom. The standard InChI is InChI=1S/C10H11ClO2/c1-3-7-5-4-6-8(13-2)9(7)10(11)12/h4-6H,3H2,1-2H3. The zero-order chi connectivity index (χ0) is 9.84. The molecule has 1 aromatic rings. The Balaban J connectivity index is 3.29. The summed E-state index contributed by atoms with van der Waals surface area (Å²) < 4.78 is 5.04. The van der Waals surface area contributed by atoms with Gasteiger partial charge in [-0.05, 0) is 29.7 Å². The summed E-state index contributed by atoms with van der Waals surface area (Å²) in [4.78, 5) is 11.1. The fraction of sp³-hybridized carbons (Fsp3) is 0.300. The van der Waals surface area contributed by atoms with Crippen LogP contribution in [0.1, 0.15) is 22.8 Å². The van der Waals surface area contributed by atoms with E-state index >= 15 is 0 Å². The Morgan fingerprint density at radius 3 is 2.69 bits per heavy atom. The lowest BCUT2D eigenvalue weighted by Crippen LogP contribution is -2.00. The first-order valence-corrected chi connectivity index (χ1v) is 4.44. The van der Waals surface area contributed by atoms with E-state index in [1.165, 1.54) is 7.11 Å². The van der Waals surface area contributed by atoms with Crippen LogP contribution in [-0.2, 0) is 6.42 Å². The third-order valence-corrected chi connectivity index (χ3v) is 2.10. The average molecular weight is 199 g/mol. The van der Waals surface area contributed by atoms with E-state index in [0.29, 0.717) is 11.3 Å². The molecule has 0 N–H and O–H groups in total. The van der Waals surface area contributed by atoms with Crippen molar-refractivity contribution in [2.45, 2.75) is 13.3 Å². The molecule has 0 aliphatic carbocycles. The Labute approximate surface area is 82.5 Å². The maximum Gasteiger partial charge on any atom is 0.256 e. The minimum Gasteiger partial charge on any atom is -0.496 e. The second kappa shape index (κ2) is 4.28. The predicted molar refractivity (Wildman–Crippen MR) is 52.6 cm³/mol. The monoisotopic (exact) mass is 198 g/mol. The maximum atomic E-state index is 11.1. The highest BCUT2D eigenvalue weighted by molar-refractivity contribution is 6.68. The molecule has 0 saturated carbocycles. The number of ether oxygens (including phenoxy) is 1. The molecule has 0 aliphatic rings. The van der Waals surface area contributed by atoms with Gasteiger partial charge in [-0.3, -0.25) is 4.79 Å². The molecular formula is C10H11ClO2. The van der Waals surface area contributed by atoms with Gasteiger partial charge in [0.25, 0.3) is 5.24 Å². The summed E-state index contributed by atoms with van der Waals surface area (Å²) in [6, 6.07) is 5.45. The van der Waals surface area contributed by atoms with Crippen molar-refractivity contribution in [2.24, 2.45) is 0 Å². The second-order valence-corrected chi connectivity index (χ2v) is 2.96. The van der Waals surface area contributed by atoms with Crippen molar-refractivity contribution >= 4 is 16.8 Å². The quantitative estimate of drug-likeness (QED) is 0.698. The topological polar surface area (TPSA) is 26.3 Å². The summed E-state index contributed by atoms with van der Waals surface area (Å²) in [5.41, 5.74) is 1.40. The molecule has 0 amide bonds. The molecule has 2 nitrogen and oxygen atoms in total. The summed E-state index contributed by atoms with van der Waals surface area (Å²) in [7, 11) is 1.53. The van der Waals surface area contributed by atoms with Gasteiger partial charge in [0.2, 0.25) is 0 Å². The van der Waals surface area contributed by atoms with Gasteiger partial charge < -0.3 is 4.74 Å². The Kier molecular flexibility index (Phi) is 3.32. The van der Waals surface area contributed by atoms with Crippen molar-refractivity contribution in [3.63, 3.8) is 0 Å². The zero-order valence-electron chi connectivity index (χ0n) is 7.63. The van der Waals surface area contributed by atoms with Gasteiger partial charge in [0.1, 0.15) is 5.75 Å². The van der Waals surface area contributed by atoms with E-state index in [0.717, 1.165) is 12.0 Å². The predicted octanol–water partition coefficient (Wildman–Crippen LogP) is 2.64. The van der Waals surface area contributed by atoms with Gasteiger partial charge in [0, 0.05) is 0 Å². The largest absolute Gasteiger partial charge is 0.496 e. The minimum absolute atomic E-state index is 0.464. The molecule has 0 bridgehead atoms. The lowest BCUT2D eigenvalue weighted by molar-refractivity contribution is 0.107. The van der Waals surface area contributed by atoms with Gasteiger partial charge >= 0.3 is 0 Å². The van der Waals surface area contributed by atoms with Crippen molar-refractivity contribution in [3.05, 3.63) is 29.3 Å². The number of benzene rings is 1. The van der Waals surface area contributed by atoms with E-state index in [4.69, 9.17) is 16.3 Å². The molecule has 0 atom stereocenters. The van der Waals surface area contributed by atoms with Crippen LogP contribution in [0.3, 0.4) is 0 Å². The number of hydrogen-bond donors (Lipinski definition) is 0. The molecule has 0 heterocycles. The first-order chi connectivity index (χ1) is 6.20. The Morgan fingerprint density at radius 2 is 2.23 bits per heavy atom. The van der Waals surface area contributed by atoms with Gasteiger partial charge in [-0.1, -0.05) is 19.1 Å². The van der Waals surface area contributed by atoms with Crippen LogP contribution in [0.2, 0.25) is 0 Å². The van der Waals surface area contributed by atoms with E-state index in [9.17, 15) is 4.79 Å². The minimum atomic E-state index is -0.464. The highest BCUT2D eigenvalue weighted by atomic mass is 35.5. The fourth-order valence-electron chi connectivity index (χ4n) is 1.26. The van der Waals surface area contributed by atoms with Crippen LogP contribution < -0.4 is 4.74 Å². The summed E-state index contributed by atoms with van der Waals surface area (Å²) in [5, 5.41) is -0.464. The normalized spacial score (nSPS) is 9.77. The molecular weight excluding hydrogens is 188 g/mol. The number of methoxy groups -OCH3 is 1. The third-order valence-electron chi connectivity index (χ3n) is 1.91.